The average Bonchev–Trinajstić information content (AvgIpc) is 2.42. The molecule has 108 valence electrons. The summed E-state index contributed by atoms with van der Waals surface area (Å²) in [7, 11) is 0. The maximum absolute atomic E-state index is 11.1. The van der Waals surface area contributed by atoms with Crippen LogP contribution in [0.5, 0.6) is 0 Å². The zero-order valence-corrected chi connectivity index (χ0v) is 11.5. The Bertz CT molecular complexity index is 681. The Morgan fingerprint density at radius 3 is 2.48 bits per heavy atom. The highest BCUT2D eigenvalue weighted by molar-refractivity contribution is 5.77. The molecule has 2 aromatic rings. The predicted molar refractivity (Wildman–Crippen MR) is 80.5 cm³/mol. The third-order valence-electron chi connectivity index (χ3n) is 2.96. The minimum atomic E-state index is -0.420. The van der Waals surface area contributed by atoms with Gasteiger partial charge < -0.3 is 11.1 Å². The highest BCUT2D eigenvalue weighted by atomic mass is 16.6. The van der Waals surface area contributed by atoms with Gasteiger partial charge in [0, 0.05) is 11.8 Å². The molecule has 0 bridgehead atoms. The van der Waals surface area contributed by atoms with Crippen LogP contribution in [0.15, 0.2) is 42.5 Å². The number of nitro groups is 1. The van der Waals surface area contributed by atoms with Crippen LogP contribution in [0.4, 0.5) is 17.1 Å². The lowest BCUT2D eigenvalue weighted by Crippen LogP contribution is -2.13. The van der Waals surface area contributed by atoms with E-state index in [0.29, 0.717) is 11.4 Å². The number of hydrogen-bond donors (Lipinski definition) is 2. The number of carbonyl (C=O) groups is 1. The van der Waals surface area contributed by atoms with Crippen LogP contribution in [0.3, 0.4) is 0 Å². The van der Waals surface area contributed by atoms with Gasteiger partial charge in [-0.15, -0.1) is 0 Å². The number of carbonyl (C=O) groups excluding carboxylic acids is 1. The summed E-state index contributed by atoms with van der Waals surface area (Å²) in [5, 5.41) is 14.1. The average molecular weight is 285 g/mol. The number of hydrogen-bond acceptors (Lipinski definition) is 4. The van der Waals surface area contributed by atoms with Crippen LogP contribution in [0.2, 0.25) is 0 Å². The number of benzene rings is 2. The SMILES string of the molecule is Cc1ccc(Nc2ccc(CC(N)=O)cc2)c([N+](=O)[O-])c1. The molecule has 0 aliphatic heterocycles. The first-order valence-electron chi connectivity index (χ1n) is 6.35. The van der Waals surface area contributed by atoms with E-state index < -0.39 is 10.8 Å². The van der Waals surface area contributed by atoms with E-state index in [9.17, 15) is 14.9 Å². The second kappa shape index (κ2) is 6.04. The highest BCUT2D eigenvalue weighted by Gasteiger charge is 2.13. The number of aryl methyl sites for hydroxylation is 1. The fourth-order valence-electron chi connectivity index (χ4n) is 1.96. The predicted octanol–water partition coefficient (Wildman–Crippen LogP) is 2.67. The van der Waals surface area contributed by atoms with Crippen LogP contribution in [0.25, 0.3) is 0 Å². The van der Waals surface area contributed by atoms with E-state index in [4.69, 9.17) is 5.73 Å². The first-order chi connectivity index (χ1) is 9.95. The van der Waals surface area contributed by atoms with Gasteiger partial charge in [-0.1, -0.05) is 18.2 Å². The zero-order chi connectivity index (χ0) is 15.4. The lowest BCUT2D eigenvalue weighted by molar-refractivity contribution is -0.384. The summed E-state index contributed by atoms with van der Waals surface area (Å²) in [6, 6.07) is 12.0. The minimum absolute atomic E-state index is 0.0243. The van der Waals surface area contributed by atoms with Crippen LogP contribution < -0.4 is 11.1 Å². The molecule has 0 saturated heterocycles. The Balaban J connectivity index is 2.22. The molecule has 0 aromatic heterocycles. The fraction of sp³-hybridized carbons (Fsp3) is 0.133. The largest absolute Gasteiger partial charge is 0.369 e. The molecule has 0 atom stereocenters. The second-order valence-corrected chi connectivity index (χ2v) is 4.74. The molecule has 0 aliphatic carbocycles. The normalized spacial score (nSPS) is 10.1. The molecule has 21 heavy (non-hydrogen) atoms. The molecule has 0 fully saturated rings. The third-order valence-corrected chi connectivity index (χ3v) is 2.96. The lowest BCUT2D eigenvalue weighted by Gasteiger charge is -2.08. The van der Waals surface area contributed by atoms with Crippen molar-refractivity contribution in [2.75, 3.05) is 5.32 Å². The molecular formula is C15H15N3O3. The van der Waals surface area contributed by atoms with Gasteiger partial charge in [-0.3, -0.25) is 14.9 Å². The molecule has 1 amide bonds. The lowest BCUT2D eigenvalue weighted by atomic mass is 10.1. The van der Waals surface area contributed by atoms with Crippen LogP contribution in [0.1, 0.15) is 11.1 Å². The van der Waals surface area contributed by atoms with E-state index in [1.807, 2.05) is 0 Å². The summed E-state index contributed by atoms with van der Waals surface area (Å²) >= 11 is 0. The Labute approximate surface area is 121 Å². The summed E-state index contributed by atoms with van der Waals surface area (Å²) in [6.07, 6.45) is 0.172. The Morgan fingerprint density at radius 1 is 1.24 bits per heavy atom. The van der Waals surface area contributed by atoms with Crippen molar-refractivity contribution in [3.8, 4) is 0 Å². The number of nitrogens with one attached hydrogen (secondary N) is 1. The van der Waals surface area contributed by atoms with Crippen molar-refractivity contribution in [3.05, 3.63) is 63.7 Å². The van der Waals surface area contributed by atoms with E-state index in [1.165, 1.54) is 6.07 Å². The van der Waals surface area contributed by atoms with Gasteiger partial charge in [0.25, 0.3) is 5.69 Å². The number of nitro benzene ring substituents is 1. The van der Waals surface area contributed by atoms with Crippen LogP contribution in [-0.2, 0) is 11.2 Å². The molecule has 2 rings (SSSR count). The van der Waals surface area contributed by atoms with Crippen LogP contribution >= 0.6 is 0 Å². The smallest absolute Gasteiger partial charge is 0.292 e. The van der Waals surface area contributed by atoms with Crippen LogP contribution in [-0.4, -0.2) is 10.8 Å². The summed E-state index contributed by atoms with van der Waals surface area (Å²) in [4.78, 5) is 21.5. The van der Waals surface area contributed by atoms with Crippen molar-refractivity contribution in [2.24, 2.45) is 5.73 Å². The van der Waals surface area contributed by atoms with Gasteiger partial charge in [0.1, 0.15) is 5.69 Å². The first kappa shape index (κ1) is 14.5. The number of rotatable bonds is 5. The van der Waals surface area contributed by atoms with E-state index in [2.05, 4.69) is 5.32 Å². The molecule has 3 N–H and O–H groups in total. The quantitative estimate of drug-likeness (QED) is 0.651. The van der Waals surface area contributed by atoms with Crippen molar-refractivity contribution in [1.82, 2.24) is 0 Å². The van der Waals surface area contributed by atoms with Crippen molar-refractivity contribution < 1.29 is 9.72 Å². The second-order valence-electron chi connectivity index (χ2n) is 4.74. The van der Waals surface area contributed by atoms with Gasteiger partial charge >= 0.3 is 0 Å². The van der Waals surface area contributed by atoms with Crippen molar-refractivity contribution in [3.63, 3.8) is 0 Å². The third kappa shape index (κ3) is 3.79. The summed E-state index contributed by atoms with van der Waals surface area (Å²) in [5.41, 5.74) is 7.90. The Hall–Kier alpha value is -2.89. The van der Waals surface area contributed by atoms with Crippen LogP contribution in [0, 0.1) is 17.0 Å². The standard InChI is InChI=1S/C15H15N3O3/c1-10-2-7-13(14(8-10)18(20)21)17-12-5-3-11(4-6-12)9-15(16)19/h2-8,17H,9H2,1H3,(H2,16,19). The fourth-order valence-corrected chi connectivity index (χ4v) is 1.96. The number of anilines is 2. The monoisotopic (exact) mass is 285 g/mol. The molecule has 0 aliphatic rings. The van der Waals surface area contributed by atoms with Gasteiger partial charge in [-0.25, -0.2) is 0 Å². The molecule has 0 saturated carbocycles. The van der Waals surface area contributed by atoms with Gasteiger partial charge in [-0.05, 0) is 36.2 Å². The summed E-state index contributed by atoms with van der Waals surface area (Å²) in [5.74, 6) is -0.398. The molecule has 0 unspecified atom stereocenters. The van der Waals surface area contributed by atoms with Crippen molar-refractivity contribution in [1.29, 1.82) is 0 Å². The molecular weight excluding hydrogens is 270 g/mol. The molecule has 6 nitrogen and oxygen atoms in total. The maximum atomic E-state index is 11.1. The highest BCUT2D eigenvalue weighted by Crippen LogP contribution is 2.28. The summed E-state index contributed by atoms with van der Waals surface area (Å²) in [6.45, 7) is 1.80. The van der Waals surface area contributed by atoms with Gasteiger partial charge in [0.05, 0.1) is 11.3 Å². The van der Waals surface area contributed by atoms with E-state index in [1.54, 1.807) is 43.3 Å². The first-order valence-corrected chi connectivity index (χ1v) is 6.35. The number of primary amides is 1. The van der Waals surface area contributed by atoms with E-state index in [-0.39, 0.29) is 12.1 Å². The summed E-state index contributed by atoms with van der Waals surface area (Å²) < 4.78 is 0. The number of nitrogens with two attached hydrogens (primary N) is 1. The van der Waals surface area contributed by atoms with E-state index in [0.717, 1.165) is 11.1 Å². The topological polar surface area (TPSA) is 98.3 Å². The van der Waals surface area contributed by atoms with Crippen molar-refractivity contribution >= 4 is 23.0 Å². The van der Waals surface area contributed by atoms with E-state index >= 15 is 0 Å². The molecule has 2 aromatic carbocycles. The zero-order valence-electron chi connectivity index (χ0n) is 11.5. The Morgan fingerprint density at radius 2 is 1.90 bits per heavy atom. The minimum Gasteiger partial charge on any atom is -0.369 e. The van der Waals surface area contributed by atoms with Gasteiger partial charge in [0.2, 0.25) is 5.91 Å². The van der Waals surface area contributed by atoms with Gasteiger partial charge in [-0.2, -0.15) is 0 Å². The molecule has 0 radical (unpaired) electrons. The molecule has 0 spiro atoms. The van der Waals surface area contributed by atoms with Crippen molar-refractivity contribution in [2.45, 2.75) is 13.3 Å². The molecule has 6 heteroatoms. The molecule has 0 heterocycles. The maximum Gasteiger partial charge on any atom is 0.292 e. The number of amides is 1. The van der Waals surface area contributed by atoms with Gasteiger partial charge in [0.15, 0.2) is 0 Å². The number of nitrogens with zero attached hydrogens (tertiary/aromatic N) is 1. The Kier molecular flexibility index (Phi) is 4.18.